The van der Waals surface area contributed by atoms with Crippen LogP contribution in [0.3, 0.4) is 0 Å². The van der Waals surface area contributed by atoms with Gasteiger partial charge in [-0.15, -0.1) is 0 Å². The van der Waals surface area contributed by atoms with Gasteiger partial charge in [0.15, 0.2) is 5.11 Å². The first kappa shape index (κ1) is 23.7. The number of ether oxygens (including phenoxy) is 2. The highest BCUT2D eigenvalue weighted by Gasteiger charge is 2.36. The molecule has 2 aromatic carbocycles. The summed E-state index contributed by atoms with van der Waals surface area (Å²) in [6.45, 7) is 1.68. The van der Waals surface area contributed by atoms with E-state index in [2.05, 4.69) is 5.32 Å². The van der Waals surface area contributed by atoms with Crippen molar-refractivity contribution in [2.45, 2.75) is 6.92 Å². The molecule has 2 heterocycles. The average molecular weight is 493 g/mol. The van der Waals surface area contributed by atoms with E-state index in [1.807, 2.05) is 0 Å². The molecule has 0 bridgehead atoms. The van der Waals surface area contributed by atoms with Crippen molar-refractivity contribution in [2.24, 2.45) is 0 Å². The molecule has 0 aliphatic carbocycles. The summed E-state index contributed by atoms with van der Waals surface area (Å²) in [5, 5.41) is 11.8. The van der Waals surface area contributed by atoms with E-state index in [9.17, 15) is 19.5 Å². The van der Waals surface area contributed by atoms with Gasteiger partial charge in [0.1, 0.15) is 28.6 Å². The maximum Gasteiger partial charge on any atom is 0.335 e. The number of thiocarbonyl (C=S) groups is 1. The Balaban J connectivity index is 1.71. The van der Waals surface area contributed by atoms with Crippen molar-refractivity contribution >= 4 is 46.9 Å². The molecule has 0 spiro atoms. The molecule has 35 heavy (non-hydrogen) atoms. The van der Waals surface area contributed by atoms with E-state index >= 15 is 0 Å². The van der Waals surface area contributed by atoms with Gasteiger partial charge in [-0.3, -0.25) is 14.9 Å². The number of benzene rings is 2. The van der Waals surface area contributed by atoms with Gasteiger partial charge in [-0.25, -0.2) is 9.69 Å². The van der Waals surface area contributed by atoms with Gasteiger partial charge in [0.05, 0.1) is 25.5 Å². The second-order valence-corrected chi connectivity index (χ2v) is 7.87. The Morgan fingerprint density at radius 1 is 1.11 bits per heavy atom. The number of nitrogens with one attached hydrogen (secondary N) is 1. The molecule has 4 rings (SSSR count). The lowest BCUT2D eigenvalue weighted by atomic mass is 10.0. The van der Waals surface area contributed by atoms with E-state index in [-0.39, 0.29) is 22.0 Å². The van der Waals surface area contributed by atoms with E-state index in [1.165, 1.54) is 26.4 Å². The fourth-order valence-electron chi connectivity index (χ4n) is 3.70. The molecular formula is C25H20N2O7S. The molecule has 1 aromatic heterocycles. The second kappa shape index (κ2) is 9.43. The van der Waals surface area contributed by atoms with Crippen molar-refractivity contribution in [3.63, 3.8) is 0 Å². The van der Waals surface area contributed by atoms with Crippen LogP contribution >= 0.6 is 12.2 Å². The van der Waals surface area contributed by atoms with Crippen LogP contribution in [0.15, 0.2) is 58.5 Å². The van der Waals surface area contributed by atoms with Crippen LogP contribution in [0.2, 0.25) is 0 Å². The van der Waals surface area contributed by atoms with Crippen LogP contribution in [0.5, 0.6) is 11.5 Å². The van der Waals surface area contributed by atoms with E-state index in [1.54, 1.807) is 49.4 Å². The van der Waals surface area contributed by atoms with Crippen molar-refractivity contribution in [3.8, 4) is 22.8 Å². The van der Waals surface area contributed by atoms with Crippen LogP contribution in [0.25, 0.3) is 17.4 Å². The summed E-state index contributed by atoms with van der Waals surface area (Å²) in [5.74, 6) is -0.920. The Labute approximate surface area is 205 Å². The van der Waals surface area contributed by atoms with Crippen LogP contribution in [0, 0.1) is 6.92 Å². The van der Waals surface area contributed by atoms with Gasteiger partial charge in [-0.05, 0) is 61.1 Å². The summed E-state index contributed by atoms with van der Waals surface area (Å²) < 4.78 is 16.4. The fourth-order valence-corrected chi connectivity index (χ4v) is 3.97. The summed E-state index contributed by atoms with van der Waals surface area (Å²) in [7, 11) is 2.94. The molecular weight excluding hydrogens is 472 g/mol. The maximum atomic E-state index is 13.3. The quantitative estimate of drug-likeness (QED) is 0.303. The molecule has 2 N–H and O–H groups in total. The SMILES string of the molecule is COc1ccc(N2C(=O)/C(=C/c3ccc(-c4cccc(C(=O)O)c4C)o3)C(=O)NC2=S)c(OC)c1. The van der Waals surface area contributed by atoms with Crippen molar-refractivity contribution in [1.29, 1.82) is 0 Å². The molecule has 3 aromatic rings. The summed E-state index contributed by atoms with van der Waals surface area (Å²) in [5.41, 5.74) is 1.39. The number of hydrogen-bond acceptors (Lipinski definition) is 7. The second-order valence-electron chi connectivity index (χ2n) is 7.48. The lowest BCUT2D eigenvalue weighted by Crippen LogP contribution is -2.54. The zero-order valence-electron chi connectivity index (χ0n) is 18.9. The minimum Gasteiger partial charge on any atom is -0.497 e. The number of carbonyl (C=O) groups excluding carboxylic acids is 2. The highest BCUT2D eigenvalue weighted by molar-refractivity contribution is 7.80. The smallest absolute Gasteiger partial charge is 0.335 e. The number of anilines is 1. The molecule has 0 unspecified atom stereocenters. The third kappa shape index (κ3) is 4.38. The van der Waals surface area contributed by atoms with Crippen LogP contribution in [-0.4, -0.2) is 42.2 Å². The number of nitrogens with zero attached hydrogens (tertiary/aromatic N) is 1. The predicted octanol–water partition coefficient (Wildman–Crippen LogP) is 3.80. The van der Waals surface area contributed by atoms with E-state index < -0.39 is 17.8 Å². The van der Waals surface area contributed by atoms with Gasteiger partial charge in [0, 0.05) is 11.6 Å². The molecule has 0 atom stereocenters. The van der Waals surface area contributed by atoms with Gasteiger partial charge in [0.25, 0.3) is 11.8 Å². The van der Waals surface area contributed by atoms with Crippen LogP contribution in [-0.2, 0) is 9.59 Å². The largest absolute Gasteiger partial charge is 0.497 e. The number of methoxy groups -OCH3 is 2. The van der Waals surface area contributed by atoms with Gasteiger partial charge in [0.2, 0.25) is 0 Å². The van der Waals surface area contributed by atoms with E-state index in [0.29, 0.717) is 34.1 Å². The Morgan fingerprint density at radius 3 is 2.57 bits per heavy atom. The number of amides is 2. The standard InChI is InChI=1S/C25H20N2O7S/c1-13-16(5-4-6-17(13)24(30)31)20-10-8-15(34-20)11-18-22(28)26-25(35)27(23(18)29)19-9-7-14(32-2)12-21(19)33-3/h4-12H,1-3H3,(H,30,31)(H,26,28,35)/b18-11+. The fraction of sp³-hybridized carbons (Fsp3) is 0.120. The Morgan fingerprint density at radius 2 is 1.89 bits per heavy atom. The monoisotopic (exact) mass is 492 g/mol. The predicted molar refractivity (Wildman–Crippen MR) is 132 cm³/mol. The number of carboxylic acids is 1. The van der Waals surface area contributed by atoms with Gasteiger partial charge >= 0.3 is 5.97 Å². The van der Waals surface area contributed by atoms with Crippen LogP contribution < -0.4 is 19.7 Å². The summed E-state index contributed by atoms with van der Waals surface area (Å²) in [6.07, 6.45) is 1.31. The summed E-state index contributed by atoms with van der Waals surface area (Å²) >= 11 is 5.25. The molecule has 9 nitrogen and oxygen atoms in total. The topological polar surface area (TPSA) is 118 Å². The number of aromatic carboxylic acids is 1. The van der Waals surface area contributed by atoms with Crippen molar-refractivity contribution in [1.82, 2.24) is 5.32 Å². The zero-order chi connectivity index (χ0) is 25.3. The Bertz CT molecular complexity index is 1410. The molecule has 1 aliphatic rings. The Hall–Kier alpha value is -4.44. The number of furan rings is 1. The molecule has 178 valence electrons. The first-order chi connectivity index (χ1) is 16.7. The zero-order valence-corrected chi connectivity index (χ0v) is 19.8. The number of rotatable bonds is 6. The molecule has 2 amide bonds. The minimum atomic E-state index is -1.05. The molecule has 1 aliphatic heterocycles. The number of carbonyl (C=O) groups is 3. The first-order valence-electron chi connectivity index (χ1n) is 10.3. The third-order valence-electron chi connectivity index (χ3n) is 5.47. The van der Waals surface area contributed by atoms with E-state index in [4.69, 9.17) is 26.1 Å². The molecule has 1 fully saturated rings. The van der Waals surface area contributed by atoms with Crippen LogP contribution in [0.1, 0.15) is 21.7 Å². The number of carboxylic acid groups (broad SMARTS) is 1. The van der Waals surface area contributed by atoms with E-state index in [0.717, 1.165) is 4.90 Å². The van der Waals surface area contributed by atoms with Crippen molar-refractivity contribution < 1.29 is 33.4 Å². The molecule has 0 radical (unpaired) electrons. The highest BCUT2D eigenvalue weighted by atomic mass is 32.1. The van der Waals surface area contributed by atoms with Gasteiger partial charge in [-0.2, -0.15) is 0 Å². The highest BCUT2D eigenvalue weighted by Crippen LogP contribution is 2.35. The van der Waals surface area contributed by atoms with Gasteiger partial charge < -0.3 is 19.0 Å². The lowest BCUT2D eigenvalue weighted by molar-refractivity contribution is -0.122. The first-order valence-corrected chi connectivity index (χ1v) is 10.7. The lowest BCUT2D eigenvalue weighted by Gasteiger charge is -2.29. The maximum absolute atomic E-state index is 13.3. The molecule has 0 saturated carbocycles. The van der Waals surface area contributed by atoms with Crippen molar-refractivity contribution in [3.05, 3.63) is 71.0 Å². The van der Waals surface area contributed by atoms with Gasteiger partial charge in [-0.1, -0.05) is 12.1 Å². The van der Waals surface area contributed by atoms with Crippen LogP contribution in [0.4, 0.5) is 5.69 Å². The number of hydrogen-bond donors (Lipinski definition) is 2. The average Bonchev–Trinajstić information content (AvgIpc) is 3.30. The normalized spacial score (nSPS) is 14.8. The van der Waals surface area contributed by atoms with Crippen molar-refractivity contribution in [2.75, 3.05) is 19.1 Å². The molecule has 1 saturated heterocycles. The third-order valence-corrected chi connectivity index (χ3v) is 5.76. The molecule has 10 heteroatoms. The summed E-state index contributed by atoms with van der Waals surface area (Å²) in [6, 6.07) is 12.9. The Kier molecular flexibility index (Phi) is 6.39. The summed E-state index contributed by atoms with van der Waals surface area (Å²) in [4.78, 5) is 38.6. The minimum absolute atomic E-state index is 0.0955.